The minimum Gasteiger partial charge on any atom is -0.394 e. The molecule has 2 rings (SSSR count). The average molecular weight is 239 g/mol. The van der Waals surface area contributed by atoms with Crippen LogP contribution in [0.4, 0.5) is 0 Å². The lowest BCUT2D eigenvalue weighted by molar-refractivity contribution is 0.233. The minimum atomic E-state index is 0.102. The highest BCUT2D eigenvalue weighted by molar-refractivity contribution is 4.92. The standard InChI is InChI=1S/C11H21N5O/c1-15-4-2-10(3-5-15)12-8-11-9-16(6-7-17)14-13-11/h9-10,12,17H,2-8H2,1H3. The number of nitrogens with one attached hydrogen (secondary N) is 1. The fourth-order valence-corrected chi connectivity index (χ4v) is 2.09. The molecule has 2 heterocycles. The maximum absolute atomic E-state index is 8.78. The Hall–Kier alpha value is -0.980. The van der Waals surface area contributed by atoms with Crippen molar-refractivity contribution >= 4 is 0 Å². The van der Waals surface area contributed by atoms with Crippen LogP contribution < -0.4 is 5.32 Å². The molecule has 1 aromatic rings. The fourth-order valence-electron chi connectivity index (χ4n) is 2.09. The summed E-state index contributed by atoms with van der Waals surface area (Å²) in [6, 6.07) is 0.592. The van der Waals surface area contributed by atoms with Gasteiger partial charge in [-0.25, -0.2) is 4.68 Å². The molecule has 1 aliphatic rings. The van der Waals surface area contributed by atoms with Crippen LogP contribution in [0.3, 0.4) is 0 Å². The van der Waals surface area contributed by atoms with E-state index in [2.05, 4.69) is 27.6 Å². The van der Waals surface area contributed by atoms with E-state index >= 15 is 0 Å². The number of piperidine rings is 1. The van der Waals surface area contributed by atoms with Gasteiger partial charge in [0.25, 0.3) is 0 Å². The Morgan fingerprint density at radius 3 is 2.94 bits per heavy atom. The van der Waals surface area contributed by atoms with Gasteiger partial charge in [0.05, 0.1) is 18.8 Å². The van der Waals surface area contributed by atoms with Crippen molar-refractivity contribution in [3.05, 3.63) is 11.9 Å². The van der Waals surface area contributed by atoms with E-state index in [0.717, 1.165) is 25.3 Å². The Balaban J connectivity index is 1.73. The number of likely N-dealkylation sites (tertiary alicyclic amines) is 1. The van der Waals surface area contributed by atoms with Crippen LogP contribution in [0.5, 0.6) is 0 Å². The number of aliphatic hydroxyl groups is 1. The molecule has 1 aliphatic heterocycles. The van der Waals surface area contributed by atoms with Crippen molar-refractivity contribution in [1.29, 1.82) is 0 Å². The van der Waals surface area contributed by atoms with Gasteiger partial charge in [0, 0.05) is 18.8 Å². The summed E-state index contributed by atoms with van der Waals surface area (Å²) in [4.78, 5) is 2.36. The van der Waals surface area contributed by atoms with Crippen molar-refractivity contribution in [3.8, 4) is 0 Å². The molecule has 96 valence electrons. The van der Waals surface area contributed by atoms with Crippen LogP contribution in [0.1, 0.15) is 18.5 Å². The van der Waals surface area contributed by atoms with Gasteiger partial charge in [0.15, 0.2) is 0 Å². The maximum atomic E-state index is 8.78. The number of nitrogens with zero attached hydrogens (tertiary/aromatic N) is 4. The second-order valence-electron chi connectivity index (χ2n) is 4.66. The molecule has 6 heteroatoms. The predicted octanol–water partition coefficient (Wildman–Crippen LogP) is -0.546. The van der Waals surface area contributed by atoms with Crippen molar-refractivity contribution in [2.24, 2.45) is 0 Å². The lowest BCUT2D eigenvalue weighted by atomic mass is 10.1. The number of aromatic nitrogens is 3. The number of hydrogen-bond acceptors (Lipinski definition) is 5. The number of hydrogen-bond donors (Lipinski definition) is 2. The Morgan fingerprint density at radius 1 is 1.47 bits per heavy atom. The first-order valence-corrected chi connectivity index (χ1v) is 6.19. The molecular formula is C11H21N5O. The van der Waals surface area contributed by atoms with E-state index in [4.69, 9.17) is 5.11 Å². The maximum Gasteiger partial charge on any atom is 0.0964 e. The summed E-state index contributed by atoms with van der Waals surface area (Å²) in [6.07, 6.45) is 4.28. The monoisotopic (exact) mass is 239 g/mol. The van der Waals surface area contributed by atoms with Crippen LogP contribution in [-0.4, -0.2) is 57.8 Å². The molecule has 0 amide bonds. The second-order valence-corrected chi connectivity index (χ2v) is 4.66. The van der Waals surface area contributed by atoms with Gasteiger partial charge in [-0.2, -0.15) is 0 Å². The van der Waals surface area contributed by atoms with E-state index in [1.54, 1.807) is 4.68 Å². The highest BCUT2D eigenvalue weighted by atomic mass is 16.3. The Morgan fingerprint density at radius 2 is 2.24 bits per heavy atom. The molecule has 6 nitrogen and oxygen atoms in total. The van der Waals surface area contributed by atoms with Crippen LogP contribution in [0.15, 0.2) is 6.20 Å². The molecule has 1 fully saturated rings. The molecule has 0 unspecified atom stereocenters. The molecule has 2 N–H and O–H groups in total. The first kappa shape index (κ1) is 12.5. The Kier molecular flexibility index (Phi) is 4.47. The zero-order chi connectivity index (χ0) is 12.1. The largest absolute Gasteiger partial charge is 0.394 e. The van der Waals surface area contributed by atoms with E-state index in [9.17, 15) is 0 Å². The quantitative estimate of drug-likeness (QED) is 0.722. The summed E-state index contributed by atoms with van der Waals surface area (Å²) in [7, 11) is 2.16. The lowest BCUT2D eigenvalue weighted by Crippen LogP contribution is -2.40. The van der Waals surface area contributed by atoms with E-state index in [0.29, 0.717) is 12.6 Å². The highest BCUT2D eigenvalue weighted by Crippen LogP contribution is 2.08. The Bertz CT molecular complexity index is 332. The van der Waals surface area contributed by atoms with Crippen molar-refractivity contribution in [2.75, 3.05) is 26.7 Å². The van der Waals surface area contributed by atoms with Crippen molar-refractivity contribution in [1.82, 2.24) is 25.2 Å². The zero-order valence-electron chi connectivity index (χ0n) is 10.3. The number of aliphatic hydroxyl groups excluding tert-OH is 1. The van der Waals surface area contributed by atoms with E-state index < -0.39 is 0 Å². The normalized spacial score (nSPS) is 18.7. The van der Waals surface area contributed by atoms with Gasteiger partial charge in [-0.05, 0) is 33.0 Å². The smallest absolute Gasteiger partial charge is 0.0964 e. The van der Waals surface area contributed by atoms with E-state index in [1.807, 2.05) is 6.20 Å². The highest BCUT2D eigenvalue weighted by Gasteiger charge is 2.16. The molecule has 1 saturated heterocycles. The molecule has 0 bridgehead atoms. The van der Waals surface area contributed by atoms with Gasteiger partial charge in [0.1, 0.15) is 0 Å². The van der Waals surface area contributed by atoms with Gasteiger partial charge in [-0.1, -0.05) is 5.21 Å². The summed E-state index contributed by atoms with van der Waals surface area (Å²) < 4.78 is 1.67. The Labute approximate surface area is 102 Å². The van der Waals surface area contributed by atoms with Crippen LogP contribution in [0.2, 0.25) is 0 Å². The summed E-state index contributed by atoms with van der Waals surface area (Å²) in [5.74, 6) is 0. The van der Waals surface area contributed by atoms with Crippen molar-refractivity contribution < 1.29 is 5.11 Å². The van der Waals surface area contributed by atoms with Gasteiger partial charge in [-0.15, -0.1) is 5.10 Å². The average Bonchev–Trinajstić information content (AvgIpc) is 2.77. The molecular weight excluding hydrogens is 218 g/mol. The van der Waals surface area contributed by atoms with Gasteiger partial charge >= 0.3 is 0 Å². The molecule has 0 saturated carbocycles. The molecule has 1 aromatic heterocycles. The summed E-state index contributed by atoms with van der Waals surface area (Å²) >= 11 is 0. The first-order valence-electron chi connectivity index (χ1n) is 6.19. The van der Waals surface area contributed by atoms with Crippen molar-refractivity contribution in [2.45, 2.75) is 32.0 Å². The topological polar surface area (TPSA) is 66.2 Å². The minimum absolute atomic E-state index is 0.102. The van der Waals surface area contributed by atoms with Crippen LogP contribution >= 0.6 is 0 Å². The third kappa shape index (κ3) is 3.76. The SMILES string of the molecule is CN1CCC(NCc2cn(CCO)nn2)CC1. The predicted molar refractivity (Wildman–Crippen MR) is 64.5 cm³/mol. The van der Waals surface area contributed by atoms with E-state index in [1.165, 1.54) is 12.8 Å². The van der Waals surface area contributed by atoms with Crippen LogP contribution in [-0.2, 0) is 13.1 Å². The van der Waals surface area contributed by atoms with Gasteiger partial charge in [-0.3, -0.25) is 0 Å². The first-order chi connectivity index (χ1) is 8.28. The third-order valence-electron chi connectivity index (χ3n) is 3.21. The molecule has 0 aromatic carbocycles. The molecule has 0 radical (unpaired) electrons. The van der Waals surface area contributed by atoms with E-state index in [-0.39, 0.29) is 6.61 Å². The molecule has 0 spiro atoms. The van der Waals surface area contributed by atoms with Gasteiger partial charge < -0.3 is 15.3 Å². The van der Waals surface area contributed by atoms with Gasteiger partial charge in [0.2, 0.25) is 0 Å². The van der Waals surface area contributed by atoms with Crippen molar-refractivity contribution in [3.63, 3.8) is 0 Å². The number of rotatable bonds is 5. The molecule has 17 heavy (non-hydrogen) atoms. The molecule has 0 atom stereocenters. The van der Waals surface area contributed by atoms with Crippen LogP contribution in [0.25, 0.3) is 0 Å². The zero-order valence-corrected chi connectivity index (χ0v) is 10.3. The molecule has 0 aliphatic carbocycles. The fraction of sp³-hybridized carbons (Fsp3) is 0.818. The lowest BCUT2D eigenvalue weighted by Gasteiger charge is -2.29. The second kappa shape index (κ2) is 6.09. The third-order valence-corrected chi connectivity index (χ3v) is 3.21. The summed E-state index contributed by atoms with van der Waals surface area (Å²) in [5.41, 5.74) is 0.942. The summed E-state index contributed by atoms with van der Waals surface area (Å²) in [6.45, 7) is 3.70. The van der Waals surface area contributed by atoms with Crippen LogP contribution in [0, 0.1) is 0 Å². The summed E-state index contributed by atoms with van der Waals surface area (Å²) in [5, 5.41) is 20.3.